The molecule has 0 atom stereocenters. The molecule has 3 heterocycles. The number of hydrogen-bond donors (Lipinski definition) is 2. The number of carbonyl (C=O) groups excluding carboxylic acids is 2. The Balaban J connectivity index is 1.24. The van der Waals surface area contributed by atoms with E-state index in [0.717, 1.165) is 15.3 Å². The molecule has 3 aromatic heterocycles. The molecular weight excluding hydrogens is 428 g/mol. The second kappa shape index (κ2) is 8.12. The van der Waals surface area contributed by atoms with Crippen molar-refractivity contribution >= 4 is 50.0 Å². The summed E-state index contributed by atoms with van der Waals surface area (Å²) in [5.74, 6) is -0.720. The summed E-state index contributed by atoms with van der Waals surface area (Å²) in [7, 11) is 0. The summed E-state index contributed by atoms with van der Waals surface area (Å²) in [6, 6.07) is 17.0. The third-order valence-electron chi connectivity index (χ3n) is 4.78. The Morgan fingerprint density at radius 1 is 1.03 bits per heavy atom. The predicted octanol–water partition coefficient (Wildman–Crippen LogP) is 3.56. The van der Waals surface area contributed by atoms with E-state index in [-0.39, 0.29) is 18.4 Å². The zero-order valence-electron chi connectivity index (χ0n) is 16.6. The first-order valence-electron chi connectivity index (χ1n) is 9.71. The third-order valence-corrected chi connectivity index (χ3v) is 5.81. The fourth-order valence-corrected chi connectivity index (χ4v) is 4.22. The zero-order valence-corrected chi connectivity index (χ0v) is 17.4. The van der Waals surface area contributed by atoms with E-state index in [1.165, 1.54) is 17.4 Å². The fourth-order valence-electron chi connectivity index (χ4n) is 3.24. The summed E-state index contributed by atoms with van der Waals surface area (Å²) in [6.45, 7) is -0.184. The minimum atomic E-state index is -0.436. The van der Waals surface area contributed by atoms with Gasteiger partial charge in [0.1, 0.15) is 5.58 Å². The van der Waals surface area contributed by atoms with Crippen molar-refractivity contribution in [3.05, 3.63) is 89.0 Å². The molecule has 2 N–H and O–H groups in total. The van der Waals surface area contributed by atoms with Gasteiger partial charge in [0.25, 0.3) is 5.91 Å². The van der Waals surface area contributed by atoms with Crippen LogP contribution in [0, 0.1) is 0 Å². The summed E-state index contributed by atoms with van der Waals surface area (Å²) in [5, 5.41) is 6.85. The average molecular weight is 444 g/mol. The maximum absolute atomic E-state index is 12.5. The fraction of sp³-hybridized carbons (Fsp3) is 0.0435. The lowest BCUT2D eigenvalue weighted by Gasteiger charge is -2.08. The van der Waals surface area contributed by atoms with Crippen LogP contribution in [0.25, 0.3) is 26.3 Å². The smallest absolute Gasteiger partial charge is 0.336 e. The van der Waals surface area contributed by atoms with Gasteiger partial charge < -0.3 is 19.6 Å². The number of nitrogens with one attached hydrogen (secondary N) is 2. The Hall–Kier alpha value is -4.24. The number of nitrogens with zero attached hydrogens (tertiary/aromatic N) is 2. The summed E-state index contributed by atoms with van der Waals surface area (Å²) in [5.41, 5.74) is 1.79. The van der Waals surface area contributed by atoms with Gasteiger partial charge in [0.05, 0.1) is 16.8 Å². The monoisotopic (exact) mass is 444 g/mol. The van der Waals surface area contributed by atoms with Crippen molar-refractivity contribution in [2.45, 2.75) is 0 Å². The molecule has 2 amide bonds. The van der Waals surface area contributed by atoms with Crippen molar-refractivity contribution in [3.63, 3.8) is 0 Å². The molecule has 5 aromatic rings. The van der Waals surface area contributed by atoms with Crippen LogP contribution in [0.15, 0.2) is 82.3 Å². The molecule has 0 spiro atoms. The van der Waals surface area contributed by atoms with Crippen molar-refractivity contribution in [3.8, 4) is 5.13 Å². The van der Waals surface area contributed by atoms with Gasteiger partial charge in [-0.3, -0.25) is 9.59 Å². The molecule has 0 aliphatic carbocycles. The Kier molecular flexibility index (Phi) is 5.00. The minimum Gasteiger partial charge on any atom is -0.423 e. The highest BCUT2D eigenvalue weighted by molar-refractivity contribution is 7.20. The highest BCUT2D eigenvalue weighted by Gasteiger charge is 2.12. The Labute approximate surface area is 185 Å². The normalized spacial score (nSPS) is 11.0. The highest BCUT2D eigenvalue weighted by atomic mass is 32.1. The molecule has 0 saturated heterocycles. The first-order valence-corrected chi connectivity index (χ1v) is 10.5. The van der Waals surface area contributed by atoms with E-state index in [1.54, 1.807) is 42.5 Å². The van der Waals surface area contributed by atoms with E-state index in [1.807, 2.05) is 29.1 Å². The SMILES string of the molecule is O=C(CNC(=O)c1ccc2nc(-n3cccc3)sc2c1)Nc1ccc2oc(=O)ccc2c1. The van der Waals surface area contributed by atoms with Gasteiger partial charge >= 0.3 is 5.63 Å². The molecule has 0 aliphatic heterocycles. The number of amides is 2. The van der Waals surface area contributed by atoms with E-state index in [2.05, 4.69) is 15.6 Å². The largest absolute Gasteiger partial charge is 0.423 e. The van der Waals surface area contributed by atoms with Crippen molar-refractivity contribution in [1.82, 2.24) is 14.9 Å². The van der Waals surface area contributed by atoms with Crippen LogP contribution < -0.4 is 16.3 Å². The number of rotatable bonds is 5. The summed E-state index contributed by atoms with van der Waals surface area (Å²) < 4.78 is 7.87. The zero-order chi connectivity index (χ0) is 22.1. The molecule has 0 aliphatic rings. The van der Waals surface area contributed by atoms with Crippen molar-refractivity contribution in [2.75, 3.05) is 11.9 Å². The molecule has 0 radical (unpaired) electrons. The number of hydrogen-bond acceptors (Lipinski definition) is 6. The number of thiazole rings is 1. The second-order valence-corrected chi connectivity index (χ2v) is 8.02. The average Bonchev–Trinajstić information content (AvgIpc) is 3.46. The lowest BCUT2D eigenvalue weighted by molar-refractivity contribution is -0.115. The lowest BCUT2D eigenvalue weighted by Crippen LogP contribution is -2.32. The standard InChI is InChI=1S/C23H16N4O4S/c28-20(25-16-5-7-18-14(11-16)4-8-21(29)31-18)13-24-22(30)15-3-6-17-19(12-15)32-23(26-17)27-9-1-2-10-27/h1-12H,13H2,(H,24,30)(H,25,28). The first kappa shape index (κ1) is 19.7. The molecule has 32 heavy (non-hydrogen) atoms. The molecule has 158 valence electrons. The second-order valence-electron chi connectivity index (χ2n) is 7.01. The molecule has 0 saturated carbocycles. The van der Waals surface area contributed by atoms with Crippen molar-refractivity contribution < 1.29 is 14.0 Å². The molecule has 5 rings (SSSR count). The number of anilines is 1. The maximum Gasteiger partial charge on any atom is 0.336 e. The van der Waals surface area contributed by atoms with Gasteiger partial charge in [-0.2, -0.15) is 0 Å². The Bertz CT molecular complexity index is 1520. The Morgan fingerprint density at radius 2 is 1.88 bits per heavy atom. The van der Waals surface area contributed by atoms with E-state index in [9.17, 15) is 14.4 Å². The topological polar surface area (TPSA) is 106 Å². The molecule has 8 nitrogen and oxygen atoms in total. The van der Waals surface area contributed by atoms with E-state index in [0.29, 0.717) is 22.2 Å². The van der Waals surface area contributed by atoms with E-state index >= 15 is 0 Å². The quantitative estimate of drug-likeness (QED) is 0.403. The summed E-state index contributed by atoms with van der Waals surface area (Å²) >= 11 is 1.48. The van der Waals surface area contributed by atoms with E-state index < -0.39 is 5.63 Å². The van der Waals surface area contributed by atoms with Crippen molar-refractivity contribution in [1.29, 1.82) is 0 Å². The van der Waals surface area contributed by atoms with Gasteiger partial charge in [-0.25, -0.2) is 9.78 Å². The van der Waals surface area contributed by atoms with Crippen LogP contribution in [0.4, 0.5) is 5.69 Å². The number of fused-ring (bicyclic) bond motifs is 2. The van der Waals surface area contributed by atoms with Crippen LogP contribution in [0.5, 0.6) is 0 Å². The lowest BCUT2D eigenvalue weighted by atomic mass is 10.2. The van der Waals surface area contributed by atoms with Gasteiger partial charge in [-0.05, 0) is 54.6 Å². The number of benzene rings is 2. The van der Waals surface area contributed by atoms with Gasteiger partial charge in [0, 0.05) is 35.1 Å². The molecule has 2 aromatic carbocycles. The highest BCUT2D eigenvalue weighted by Crippen LogP contribution is 2.26. The number of carbonyl (C=O) groups is 2. The minimum absolute atomic E-state index is 0.184. The van der Waals surface area contributed by atoms with Crippen molar-refractivity contribution in [2.24, 2.45) is 0 Å². The Morgan fingerprint density at radius 3 is 2.72 bits per heavy atom. The van der Waals surface area contributed by atoms with Gasteiger partial charge in [-0.15, -0.1) is 0 Å². The van der Waals surface area contributed by atoms with Gasteiger partial charge in [0.2, 0.25) is 5.91 Å². The number of aromatic nitrogens is 2. The van der Waals surface area contributed by atoms with Crippen LogP contribution in [-0.4, -0.2) is 27.9 Å². The van der Waals surface area contributed by atoms with E-state index in [4.69, 9.17) is 4.42 Å². The summed E-state index contributed by atoms with van der Waals surface area (Å²) in [6.07, 6.45) is 3.82. The van der Waals surface area contributed by atoms with Crippen LogP contribution in [0.1, 0.15) is 10.4 Å². The molecular formula is C23H16N4O4S. The predicted molar refractivity (Wildman–Crippen MR) is 122 cm³/mol. The third kappa shape index (κ3) is 4.01. The maximum atomic E-state index is 12.5. The van der Waals surface area contributed by atoms with Gasteiger partial charge in [-0.1, -0.05) is 11.3 Å². The molecule has 0 unspecified atom stereocenters. The van der Waals surface area contributed by atoms with Crippen LogP contribution >= 0.6 is 11.3 Å². The first-order chi connectivity index (χ1) is 15.5. The van der Waals surface area contributed by atoms with Crippen LogP contribution in [0.2, 0.25) is 0 Å². The van der Waals surface area contributed by atoms with Crippen LogP contribution in [-0.2, 0) is 4.79 Å². The molecule has 0 fully saturated rings. The van der Waals surface area contributed by atoms with Crippen LogP contribution in [0.3, 0.4) is 0 Å². The molecule has 9 heteroatoms. The van der Waals surface area contributed by atoms with Gasteiger partial charge in [0.15, 0.2) is 5.13 Å². The summed E-state index contributed by atoms with van der Waals surface area (Å²) in [4.78, 5) is 40.6. The molecule has 0 bridgehead atoms.